The van der Waals surface area contributed by atoms with E-state index in [1.807, 2.05) is 67.1 Å². The standard InChI is InChI=1S/C73H72N12O12/c1-41(2)25-45-9-17-57(65(86)29-45)78-74-53-21-13-49(33-61(53)82(74)78)69(90)94-37-73(38-95-70(91)50-14-22-54-62(34-50)83-75(54)79(83)58-18-10-46(26-42(3)4)30-66(58)87,39-96-71(92)51-15-23-55-63(35-51)84-76(55)80(84)59-19-11-47(27-43(5)6)31-67(59)88)40-97-72(93)52-16-24-56-64(36-52)85-77(56)81(85)60-20-12-48(28-44(7)8)32-68(60)89/h9-24,29-36,41-44,86-89H,25-28,37-40H2,1-8H3. The molecule has 8 aromatic heterocycles. The number of fused-ring (bicyclic) bond motifs is 16. The fourth-order valence-corrected chi connectivity index (χ4v) is 13.5. The Kier molecular flexibility index (Phi) is 13.9. The van der Waals surface area contributed by atoms with Gasteiger partial charge in [-0.05, 0) is 193 Å². The third-order valence-corrected chi connectivity index (χ3v) is 18.2. The molecular weight excluding hydrogens is 1240 g/mol. The molecule has 8 heterocycles. The number of nitrogens with zero attached hydrogens (tertiary/aromatic N) is 12. The molecule has 16 aromatic rings. The first-order valence-corrected chi connectivity index (χ1v) is 32.7. The van der Waals surface area contributed by atoms with Crippen molar-refractivity contribution in [2.24, 2.45) is 29.1 Å². The van der Waals surface area contributed by atoms with Crippen LogP contribution in [-0.2, 0) is 44.6 Å². The van der Waals surface area contributed by atoms with E-state index in [-0.39, 0.29) is 45.3 Å². The van der Waals surface area contributed by atoms with Gasteiger partial charge in [-0.25, -0.2) is 19.2 Å². The van der Waals surface area contributed by atoms with Gasteiger partial charge in [0.15, 0.2) is 0 Å². The van der Waals surface area contributed by atoms with Gasteiger partial charge in [-0.1, -0.05) is 79.7 Å². The van der Waals surface area contributed by atoms with E-state index in [0.29, 0.717) is 68.5 Å². The third kappa shape index (κ3) is 10.3. The van der Waals surface area contributed by atoms with Crippen molar-refractivity contribution in [1.29, 1.82) is 0 Å². The van der Waals surface area contributed by atoms with E-state index >= 15 is 0 Å². The fourth-order valence-electron chi connectivity index (χ4n) is 13.5. The minimum Gasteiger partial charge on any atom is -0.506 e. The summed E-state index contributed by atoms with van der Waals surface area (Å²) in [5.41, 5.74) is 10.9. The SMILES string of the molecule is CC(C)Cc1ccc(-n2n3c4ccc(C(=O)OCC(COC(=O)c5ccc6c(c5)n5n(-c7ccc(CC(C)C)cc7O)n65)(COC(=O)c5ccc6c(c5)n5n(-c7ccc(CC(C)C)cc7O)n65)COC(=O)c5ccc6c(c5)n5n(-c7ccc(CC(C)C)cc7O)n65)cc4n23)c(O)c1. The number of ether oxygens (including phenoxy) is 4. The van der Waals surface area contributed by atoms with Crippen LogP contribution < -0.4 is 0 Å². The molecule has 0 spiro atoms. The Morgan fingerprint density at radius 1 is 0.299 bits per heavy atom. The first-order valence-electron chi connectivity index (χ1n) is 32.7. The Labute approximate surface area is 552 Å². The van der Waals surface area contributed by atoms with Crippen LogP contribution in [0, 0.1) is 29.1 Å². The van der Waals surface area contributed by atoms with E-state index in [1.165, 1.54) is 0 Å². The minimum atomic E-state index is -1.77. The minimum absolute atomic E-state index is 0.106. The average Bonchev–Trinajstić information content (AvgIpc) is 1.54. The normalized spacial score (nSPS) is 12.7. The van der Waals surface area contributed by atoms with Gasteiger partial charge in [-0.15, -0.1) is 56.2 Å². The summed E-state index contributed by atoms with van der Waals surface area (Å²) in [5.74, 6) is -1.13. The van der Waals surface area contributed by atoms with Crippen molar-refractivity contribution >= 4 is 68.0 Å². The number of carbonyl (C=O) groups excluding carboxylic acids is 4. The number of phenolic OH excluding ortho intramolecular Hbond substituents is 4. The van der Waals surface area contributed by atoms with Crippen LogP contribution in [0.25, 0.3) is 66.9 Å². The van der Waals surface area contributed by atoms with Crippen molar-refractivity contribution in [3.63, 3.8) is 0 Å². The van der Waals surface area contributed by atoms with E-state index in [2.05, 4.69) is 55.4 Å². The summed E-state index contributed by atoms with van der Waals surface area (Å²) in [6, 6.07) is 42.5. The van der Waals surface area contributed by atoms with Crippen LogP contribution in [0.1, 0.15) is 119 Å². The first kappa shape index (κ1) is 60.4. The molecule has 97 heavy (non-hydrogen) atoms. The molecule has 0 amide bonds. The lowest BCUT2D eigenvalue weighted by Gasteiger charge is -2.31. The van der Waals surface area contributed by atoms with E-state index in [0.717, 1.165) is 70.0 Å². The number of aromatic hydroxyl groups is 4. The van der Waals surface area contributed by atoms with E-state index in [9.17, 15) is 39.6 Å². The van der Waals surface area contributed by atoms with Crippen LogP contribution in [0.15, 0.2) is 146 Å². The predicted octanol–water partition coefficient (Wildman–Crippen LogP) is 12.0. The monoisotopic (exact) mass is 1310 g/mol. The number of rotatable bonds is 24. The van der Waals surface area contributed by atoms with Crippen molar-refractivity contribution in [3.8, 4) is 45.7 Å². The van der Waals surface area contributed by atoms with E-state index in [4.69, 9.17) is 18.9 Å². The highest BCUT2D eigenvalue weighted by Gasteiger charge is 2.40. The summed E-state index contributed by atoms with van der Waals surface area (Å²) in [7, 11) is 0. The molecule has 0 saturated heterocycles. The van der Waals surface area contributed by atoms with Crippen molar-refractivity contribution in [2.45, 2.75) is 81.1 Å². The lowest BCUT2D eigenvalue weighted by atomic mass is 9.92. The third-order valence-electron chi connectivity index (χ3n) is 18.2. The van der Waals surface area contributed by atoms with E-state index < -0.39 is 55.7 Å². The Morgan fingerprint density at radius 2 is 0.505 bits per heavy atom. The smallest absolute Gasteiger partial charge is 0.338 e. The largest absolute Gasteiger partial charge is 0.506 e. The predicted molar refractivity (Wildman–Crippen MR) is 360 cm³/mol. The van der Waals surface area contributed by atoms with Gasteiger partial charge in [0.25, 0.3) is 0 Å². The van der Waals surface area contributed by atoms with Gasteiger partial charge < -0.3 is 39.4 Å². The molecule has 4 N–H and O–H groups in total. The molecule has 0 saturated carbocycles. The lowest BCUT2D eigenvalue weighted by molar-refractivity contribution is -0.0642. The van der Waals surface area contributed by atoms with Crippen molar-refractivity contribution in [1.82, 2.24) is 56.2 Å². The van der Waals surface area contributed by atoms with Crippen molar-refractivity contribution in [3.05, 3.63) is 190 Å². The number of hydrogen-bond acceptors (Lipinski definition) is 12. The quantitative estimate of drug-likeness (QED) is 0.0326. The summed E-state index contributed by atoms with van der Waals surface area (Å²) >= 11 is 0. The topological polar surface area (TPSA) is 241 Å². The number of carbonyl (C=O) groups is 4. The highest BCUT2D eigenvalue weighted by Crippen LogP contribution is 2.38. The van der Waals surface area contributed by atoms with Crippen molar-refractivity contribution < 1.29 is 58.6 Å². The van der Waals surface area contributed by atoms with Crippen LogP contribution in [-0.4, -0.2) is 127 Å². The van der Waals surface area contributed by atoms with Gasteiger partial charge in [0.2, 0.25) is 0 Å². The molecule has 24 heteroatoms. The van der Waals surface area contributed by atoms with Crippen LogP contribution in [0.2, 0.25) is 0 Å². The molecular formula is C73H72N12O12. The lowest BCUT2D eigenvalue weighted by Crippen LogP contribution is -2.44. The zero-order valence-corrected chi connectivity index (χ0v) is 54.7. The molecule has 16 rings (SSSR count). The van der Waals surface area contributed by atoms with Gasteiger partial charge in [0, 0.05) is 0 Å². The summed E-state index contributed by atoms with van der Waals surface area (Å²) in [6.45, 7) is 14.5. The van der Waals surface area contributed by atoms with Crippen LogP contribution in [0.4, 0.5) is 0 Å². The highest BCUT2D eigenvalue weighted by molar-refractivity contribution is 5.98. The Morgan fingerprint density at radius 3 is 0.701 bits per heavy atom. The van der Waals surface area contributed by atoms with Crippen molar-refractivity contribution in [2.75, 3.05) is 26.4 Å². The highest BCUT2D eigenvalue weighted by atomic mass is 16.6. The number of hydrogen-bond donors (Lipinski definition) is 4. The molecule has 0 radical (unpaired) electrons. The fraction of sp³-hybridized carbons (Fsp3) is 0.288. The maximum Gasteiger partial charge on any atom is 0.338 e. The average molecular weight is 1310 g/mol. The van der Waals surface area contributed by atoms with Crippen LogP contribution >= 0.6 is 0 Å². The summed E-state index contributed by atoms with van der Waals surface area (Å²) in [4.78, 5) is 65.4. The van der Waals surface area contributed by atoms with Crippen LogP contribution in [0.5, 0.6) is 23.0 Å². The Hall–Kier alpha value is -11.6. The Balaban J connectivity index is 0.712. The number of esters is 4. The molecule has 0 aliphatic heterocycles. The molecule has 0 aliphatic carbocycles. The van der Waals surface area contributed by atoms with Gasteiger partial charge in [0.05, 0.1) is 22.3 Å². The van der Waals surface area contributed by atoms with Gasteiger partial charge in [-0.2, -0.15) is 0 Å². The number of benzene rings is 8. The second-order valence-electron chi connectivity index (χ2n) is 27.8. The molecule has 0 fully saturated rings. The zero-order valence-electron chi connectivity index (χ0n) is 54.7. The summed E-state index contributed by atoms with van der Waals surface area (Å²) in [6.07, 6.45) is 3.21. The molecule has 8 aromatic carbocycles. The zero-order chi connectivity index (χ0) is 67.4. The first-order chi connectivity index (χ1) is 46.6. The maximum atomic E-state index is 14.6. The summed E-state index contributed by atoms with van der Waals surface area (Å²) < 4.78 is 39.4. The number of phenols is 4. The van der Waals surface area contributed by atoms with E-state index in [1.54, 1.807) is 135 Å². The summed E-state index contributed by atoms with van der Waals surface area (Å²) in [5, 5.41) is 44.5. The van der Waals surface area contributed by atoms with Gasteiger partial charge in [0.1, 0.15) is 122 Å². The maximum absolute atomic E-state index is 14.6. The molecule has 24 nitrogen and oxygen atoms in total. The van der Waals surface area contributed by atoms with Gasteiger partial charge in [-0.3, -0.25) is 0 Å². The molecule has 0 aliphatic rings. The molecule has 0 bridgehead atoms. The number of aromatic nitrogens is 12. The molecule has 0 atom stereocenters. The van der Waals surface area contributed by atoms with Gasteiger partial charge >= 0.3 is 23.9 Å². The second kappa shape index (κ2) is 22.3. The molecule has 0 unspecified atom stereocenters. The van der Waals surface area contributed by atoms with Crippen LogP contribution in [0.3, 0.4) is 0 Å². The Bertz CT molecular complexity index is 4990. The molecule has 496 valence electrons. The second-order valence-corrected chi connectivity index (χ2v) is 27.8.